The molecule has 60 valence electrons. The van der Waals surface area contributed by atoms with Gasteiger partial charge in [-0.1, -0.05) is 0 Å². The molecule has 10 heavy (non-hydrogen) atoms. The Hall–Kier alpha value is -0.120. The molecule has 0 saturated carbocycles. The van der Waals surface area contributed by atoms with Gasteiger partial charge in [0.25, 0.3) is 0 Å². The first-order chi connectivity index (χ1) is 4.72. The zero-order valence-electron chi connectivity index (χ0n) is 6.54. The van der Waals surface area contributed by atoms with Crippen LogP contribution in [0.4, 0.5) is 0 Å². The molecule has 0 bridgehead atoms. The van der Waals surface area contributed by atoms with Gasteiger partial charge < -0.3 is 15.2 Å². The molecule has 1 heterocycles. The van der Waals surface area contributed by atoms with Crippen LogP contribution in [0.15, 0.2) is 0 Å². The van der Waals surface area contributed by atoms with Gasteiger partial charge in [0.05, 0.1) is 6.10 Å². The van der Waals surface area contributed by atoms with Gasteiger partial charge in [-0.3, -0.25) is 0 Å². The Morgan fingerprint density at radius 2 is 2.20 bits per heavy atom. The van der Waals surface area contributed by atoms with Crippen LogP contribution < -0.4 is 5.73 Å². The Morgan fingerprint density at radius 1 is 1.50 bits per heavy atom. The second-order valence-corrected chi connectivity index (χ2v) is 2.84. The number of hydrogen-bond acceptors (Lipinski definition) is 3. The van der Waals surface area contributed by atoms with E-state index in [0.29, 0.717) is 0 Å². The van der Waals surface area contributed by atoms with Gasteiger partial charge in [-0.05, 0) is 13.3 Å². The van der Waals surface area contributed by atoms with Crippen LogP contribution in [0.2, 0.25) is 0 Å². The van der Waals surface area contributed by atoms with Crippen LogP contribution in [0.3, 0.4) is 0 Å². The van der Waals surface area contributed by atoms with Crippen LogP contribution in [0.1, 0.15) is 19.8 Å². The molecular weight excluding hydrogens is 130 g/mol. The summed E-state index contributed by atoms with van der Waals surface area (Å²) in [6.07, 6.45) is 1.92. The number of hydrogen-bond donors (Lipinski definition) is 1. The van der Waals surface area contributed by atoms with E-state index in [0.717, 1.165) is 12.8 Å². The lowest BCUT2D eigenvalue weighted by Crippen LogP contribution is -2.39. The molecule has 2 N–H and O–H groups in total. The third-order valence-corrected chi connectivity index (χ3v) is 1.78. The summed E-state index contributed by atoms with van der Waals surface area (Å²) < 4.78 is 10.4. The van der Waals surface area contributed by atoms with Gasteiger partial charge in [0.2, 0.25) is 0 Å². The monoisotopic (exact) mass is 145 g/mol. The second kappa shape index (κ2) is 3.32. The summed E-state index contributed by atoms with van der Waals surface area (Å²) >= 11 is 0. The van der Waals surface area contributed by atoms with Crippen molar-refractivity contribution in [1.29, 1.82) is 0 Å². The van der Waals surface area contributed by atoms with Crippen molar-refractivity contribution in [2.75, 3.05) is 7.11 Å². The Morgan fingerprint density at radius 3 is 2.70 bits per heavy atom. The third kappa shape index (κ3) is 1.94. The molecule has 3 heteroatoms. The fraction of sp³-hybridized carbons (Fsp3) is 1.00. The van der Waals surface area contributed by atoms with Crippen molar-refractivity contribution < 1.29 is 9.47 Å². The molecule has 1 saturated heterocycles. The van der Waals surface area contributed by atoms with Crippen LogP contribution in [-0.4, -0.2) is 25.5 Å². The van der Waals surface area contributed by atoms with Crippen molar-refractivity contribution in [3.05, 3.63) is 0 Å². The van der Waals surface area contributed by atoms with Crippen molar-refractivity contribution in [3.8, 4) is 0 Å². The van der Waals surface area contributed by atoms with E-state index >= 15 is 0 Å². The minimum atomic E-state index is -0.0845. The van der Waals surface area contributed by atoms with Crippen molar-refractivity contribution in [2.45, 2.75) is 38.2 Å². The molecule has 0 radical (unpaired) electrons. The summed E-state index contributed by atoms with van der Waals surface area (Å²) in [4.78, 5) is 0. The minimum Gasteiger partial charge on any atom is -0.356 e. The number of nitrogens with two attached hydrogens (primary N) is 1. The van der Waals surface area contributed by atoms with Crippen molar-refractivity contribution in [3.63, 3.8) is 0 Å². The summed E-state index contributed by atoms with van der Waals surface area (Å²) in [6, 6.07) is 0.244. The zero-order valence-corrected chi connectivity index (χ0v) is 6.54. The van der Waals surface area contributed by atoms with Gasteiger partial charge in [-0.2, -0.15) is 0 Å². The number of rotatable bonds is 1. The Bertz CT molecular complexity index is 97.8. The molecule has 3 nitrogen and oxygen atoms in total. The molecule has 1 fully saturated rings. The van der Waals surface area contributed by atoms with Gasteiger partial charge in [0.1, 0.15) is 0 Å². The van der Waals surface area contributed by atoms with Crippen LogP contribution in [0.5, 0.6) is 0 Å². The number of ether oxygens (including phenoxy) is 2. The Labute approximate surface area is 61.5 Å². The molecule has 0 aliphatic carbocycles. The van der Waals surface area contributed by atoms with Crippen LogP contribution in [-0.2, 0) is 9.47 Å². The zero-order chi connectivity index (χ0) is 7.56. The predicted molar refractivity (Wildman–Crippen MR) is 38.6 cm³/mol. The normalized spacial score (nSPS) is 41.7. The highest BCUT2D eigenvalue weighted by Crippen LogP contribution is 2.17. The predicted octanol–water partition coefficient (Wildman–Crippen LogP) is 0.485. The molecule has 0 aromatic rings. The lowest BCUT2D eigenvalue weighted by atomic mass is 10.0. The fourth-order valence-corrected chi connectivity index (χ4v) is 1.29. The Balaban J connectivity index is 2.35. The van der Waals surface area contributed by atoms with E-state index < -0.39 is 0 Å². The fourth-order valence-electron chi connectivity index (χ4n) is 1.29. The SMILES string of the molecule is COC1CC(N)CC(C)O1. The van der Waals surface area contributed by atoms with Gasteiger partial charge >= 0.3 is 0 Å². The first-order valence-electron chi connectivity index (χ1n) is 3.66. The van der Waals surface area contributed by atoms with E-state index in [4.69, 9.17) is 15.2 Å². The first kappa shape index (κ1) is 7.98. The molecule has 3 atom stereocenters. The van der Waals surface area contributed by atoms with Crippen molar-refractivity contribution >= 4 is 0 Å². The molecule has 0 aromatic carbocycles. The highest BCUT2D eigenvalue weighted by Gasteiger charge is 2.23. The van der Waals surface area contributed by atoms with E-state index in [2.05, 4.69) is 0 Å². The average molecular weight is 145 g/mol. The van der Waals surface area contributed by atoms with Crippen LogP contribution in [0.25, 0.3) is 0 Å². The first-order valence-corrected chi connectivity index (χ1v) is 3.66. The Kier molecular flexibility index (Phi) is 2.65. The maximum Gasteiger partial charge on any atom is 0.159 e. The largest absolute Gasteiger partial charge is 0.356 e. The van der Waals surface area contributed by atoms with Crippen LogP contribution >= 0.6 is 0 Å². The third-order valence-electron chi connectivity index (χ3n) is 1.78. The maximum atomic E-state index is 5.73. The van der Waals surface area contributed by atoms with Crippen molar-refractivity contribution in [2.24, 2.45) is 5.73 Å². The molecule has 3 unspecified atom stereocenters. The summed E-state index contributed by atoms with van der Waals surface area (Å²) in [7, 11) is 1.65. The van der Waals surface area contributed by atoms with Gasteiger partial charge in [-0.25, -0.2) is 0 Å². The molecule has 0 spiro atoms. The van der Waals surface area contributed by atoms with Gasteiger partial charge in [-0.15, -0.1) is 0 Å². The quantitative estimate of drug-likeness (QED) is 0.584. The summed E-state index contributed by atoms with van der Waals surface area (Å²) in [6.45, 7) is 2.02. The topological polar surface area (TPSA) is 44.5 Å². The van der Waals surface area contributed by atoms with Gasteiger partial charge in [0, 0.05) is 19.6 Å². The average Bonchev–Trinajstić information content (AvgIpc) is 1.85. The molecule has 1 aliphatic rings. The van der Waals surface area contributed by atoms with E-state index in [-0.39, 0.29) is 18.4 Å². The smallest absolute Gasteiger partial charge is 0.159 e. The highest BCUT2D eigenvalue weighted by molar-refractivity contribution is 4.72. The van der Waals surface area contributed by atoms with E-state index in [1.54, 1.807) is 7.11 Å². The van der Waals surface area contributed by atoms with Gasteiger partial charge in [0.15, 0.2) is 6.29 Å². The standard InChI is InChI=1S/C7H15NO2/c1-5-3-6(8)4-7(9-2)10-5/h5-7H,3-4,8H2,1-2H3. The molecular formula is C7H15NO2. The van der Waals surface area contributed by atoms with E-state index in [9.17, 15) is 0 Å². The maximum absolute atomic E-state index is 5.73. The summed E-state index contributed by atoms with van der Waals surface area (Å²) in [5.74, 6) is 0. The summed E-state index contributed by atoms with van der Waals surface area (Å²) in [5, 5.41) is 0. The molecule has 1 aliphatic heterocycles. The highest BCUT2D eigenvalue weighted by atomic mass is 16.7. The minimum absolute atomic E-state index is 0.0845. The second-order valence-electron chi connectivity index (χ2n) is 2.84. The molecule has 0 amide bonds. The lowest BCUT2D eigenvalue weighted by Gasteiger charge is -2.30. The summed E-state index contributed by atoms with van der Waals surface area (Å²) in [5.41, 5.74) is 5.73. The van der Waals surface area contributed by atoms with E-state index in [1.165, 1.54) is 0 Å². The van der Waals surface area contributed by atoms with Crippen LogP contribution in [0, 0.1) is 0 Å². The number of methoxy groups -OCH3 is 1. The van der Waals surface area contributed by atoms with Crippen molar-refractivity contribution in [1.82, 2.24) is 0 Å². The van der Waals surface area contributed by atoms with E-state index in [1.807, 2.05) is 6.92 Å². The molecule has 1 rings (SSSR count). The lowest BCUT2D eigenvalue weighted by molar-refractivity contribution is -0.178. The molecule has 0 aromatic heterocycles.